The van der Waals surface area contributed by atoms with Gasteiger partial charge in [-0.05, 0) is 30.7 Å². The van der Waals surface area contributed by atoms with Crippen molar-refractivity contribution in [3.8, 4) is 5.75 Å². The maximum atomic E-state index is 12.7. The summed E-state index contributed by atoms with van der Waals surface area (Å²) in [6, 6.07) is 12.6. The molecule has 2 unspecified atom stereocenters. The molecule has 4 rings (SSSR count). The summed E-state index contributed by atoms with van der Waals surface area (Å²) in [5, 5.41) is 3.21. The van der Waals surface area contributed by atoms with Crippen molar-refractivity contribution in [3.63, 3.8) is 0 Å². The van der Waals surface area contributed by atoms with Gasteiger partial charge in [0.25, 0.3) is 5.56 Å². The molecular formula is C22H23N5O3. The van der Waals surface area contributed by atoms with E-state index in [1.54, 1.807) is 24.4 Å². The van der Waals surface area contributed by atoms with Crippen LogP contribution in [-0.2, 0) is 4.79 Å². The lowest BCUT2D eigenvalue weighted by molar-refractivity contribution is -0.117. The first-order valence-electron chi connectivity index (χ1n) is 9.76. The molecular weight excluding hydrogens is 382 g/mol. The fourth-order valence-electron chi connectivity index (χ4n) is 3.67. The van der Waals surface area contributed by atoms with Crippen LogP contribution < -0.4 is 20.5 Å². The highest BCUT2D eigenvalue weighted by atomic mass is 16.5. The molecule has 0 aliphatic carbocycles. The van der Waals surface area contributed by atoms with Crippen LogP contribution >= 0.6 is 0 Å². The number of carbonyl (C=O) groups is 1. The quantitative estimate of drug-likeness (QED) is 0.654. The van der Waals surface area contributed by atoms with Crippen molar-refractivity contribution in [2.45, 2.75) is 25.3 Å². The van der Waals surface area contributed by atoms with E-state index in [-0.39, 0.29) is 29.8 Å². The Labute approximate surface area is 173 Å². The summed E-state index contributed by atoms with van der Waals surface area (Å²) in [5.74, 6) is 0.804. The van der Waals surface area contributed by atoms with E-state index in [0.717, 1.165) is 11.3 Å². The number of methoxy groups -OCH3 is 1. The van der Waals surface area contributed by atoms with E-state index in [0.29, 0.717) is 23.9 Å². The first-order chi connectivity index (χ1) is 14.5. The van der Waals surface area contributed by atoms with Crippen LogP contribution in [0.2, 0.25) is 0 Å². The van der Waals surface area contributed by atoms with Gasteiger partial charge < -0.3 is 15.0 Å². The summed E-state index contributed by atoms with van der Waals surface area (Å²) >= 11 is 0. The number of amides is 1. The number of nitrogens with one attached hydrogen (secondary N) is 2. The number of hydrogen-bond donors (Lipinski definition) is 2. The molecule has 1 aromatic carbocycles. The SMILES string of the molecule is COc1ccccc1N1CC(c2cc(=O)[nH]c(NC(C)c3cccnc3)n2)CC1=O. The third kappa shape index (κ3) is 4.03. The lowest BCUT2D eigenvalue weighted by atomic mass is 10.0. The van der Waals surface area contributed by atoms with Crippen LogP contribution in [0.1, 0.15) is 36.6 Å². The summed E-state index contributed by atoms with van der Waals surface area (Å²) in [7, 11) is 1.58. The molecule has 0 spiro atoms. The normalized spacial score (nSPS) is 17.1. The molecule has 2 atom stereocenters. The average Bonchev–Trinajstić information content (AvgIpc) is 3.15. The van der Waals surface area contributed by atoms with Crippen LogP contribution in [0.15, 0.2) is 59.7 Å². The summed E-state index contributed by atoms with van der Waals surface area (Å²) in [5.41, 5.74) is 2.03. The highest BCUT2D eigenvalue weighted by Gasteiger charge is 2.34. The summed E-state index contributed by atoms with van der Waals surface area (Å²) < 4.78 is 5.39. The van der Waals surface area contributed by atoms with Gasteiger partial charge in [0.05, 0.1) is 24.5 Å². The van der Waals surface area contributed by atoms with E-state index >= 15 is 0 Å². The molecule has 30 heavy (non-hydrogen) atoms. The van der Waals surface area contributed by atoms with E-state index < -0.39 is 0 Å². The molecule has 2 aromatic heterocycles. The molecule has 1 aliphatic rings. The van der Waals surface area contributed by atoms with E-state index in [2.05, 4.69) is 20.3 Å². The summed E-state index contributed by atoms with van der Waals surface area (Å²) in [4.78, 5) is 38.1. The molecule has 1 amide bonds. The van der Waals surface area contributed by atoms with Gasteiger partial charge in [-0.2, -0.15) is 0 Å². The number of benzene rings is 1. The summed E-state index contributed by atoms with van der Waals surface area (Å²) in [6.07, 6.45) is 3.76. The Morgan fingerprint density at radius 1 is 1.23 bits per heavy atom. The van der Waals surface area contributed by atoms with Gasteiger partial charge in [-0.3, -0.25) is 19.6 Å². The molecule has 1 saturated heterocycles. The van der Waals surface area contributed by atoms with Crippen LogP contribution in [-0.4, -0.2) is 34.5 Å². The maximum absolute atomic E-state index is 12.7. The number of carbonyl (C=O) groups excluding carboxylic acids is 1. The lowest BCUT2D eigenvalue weighted by Crippen LogP contribution is -2.25. The number of aromatic nitrogens is 3. The Bertz CT molecular complexity index is 1100. The third-order valence-electron chi connectivity index (χ3n) is 5.22. The lowest BCUT2D eigenvalue weighted by Gasteiger charge is -2.19. The smallest absolute Gasteiger partial charge is 0.252 e. The molecule has 0 radical (unpaired) electrons. The molecule has 2 N–H and O–H groups in total. The van der Waals surface area contributed by atoms with Gasteiger partial charge in [-0.1, -0.05) is 18.2 Å². The minimum absolute atomic E-state index is 0.0233. The molecule has 3 aromatic rings. The van der Waals surface area contributed by atoms with Crippen molar-refractivity contribution in [2.75, 3.05) is 23.9 Å². The third-order valence-corrected chi connectivity index (χ3v) is 5.22. The number of anilines is 2. The van der Waals surface area contributed by atoms with Gasteiger partial charge in [0, 0.05) is 37.3 Å². The van der Waals surface area contributed by atoms with Crippen molar-refractivity contribution < 1.29 is 9.53 Å². The number of ether oxygens (including phenoxy) is 1. The van der Waals surface area contributed by atoms with Crippen LogP contribution in [0.3, 0.4) is 0 Å². The number of pyridine rings is 1. The predicted octanol–water partition coefficient (Wildman–Crippen LogP) is 2.87. The number of H-pyrrole nitrogens is 1. The topological polar surface area (TPSA) is 100 Å². The average molecular weight is 405 g/mol. The van der Waals surface area contributed by atoms with E-state index in [4.69, 9.17) is 4.74 Å². The highest BCUT2D eigenvalue weighted by Crippen LogP contribution is 2.35. The molecule has 8 nitrogen and oxygen atoms in total. The fraction of sp³-hybridized carbons (Fsp3) is 0.273. The zero-order chi connectivity index (χ0) is 21.1. The van der Waals surface area contributed by atoms with Gasteiger partial charge in [0.2, 0.25) is 11.9 Å². The maximum Gasteiger partial charge on any atom is 0.252 e. The van der Waals surface area contributed by atoms with Gasteiger partial charge in [0.15, 0.2) is 0 Å². The van der Waals surface area contributed by atoms with Gasteiger partial charge in [0.1, 0.15) is 5.75 Å². The van der Waals surface area contributed by atoms with Crippen molar-refractivity contribution in [1.29, 1.82) is 0 Å². The Morgan fingerprint density at radius 3 is 2.83 bits per heavy atom. The number of para-hydroxylation sites is 2. The Morgan fingerprint density at radius 2 is 2.07 bits per heavy atom. The number of aromatic amines is 1. The van der Waals surface area contributed by atoms with Crippen molar-refractivity contribution in [2.24, 2.45) is 0 Å². The number of nitrogens with zero attached hydrogens (tertiary/aromatic N) is 3. The molecule has 8 heteroatoms. The minimum Gasteiger partial charge on any atom is -0.495 e. The zero-order valence-corrected chi connectivity index (χ0v) is 16.8. The predicted molar refractivity (Wildman–Crippen MR) is 114 cm³/mol. The Kier molecular flexibility index (Phi) is 5.47. The molecule has 0 saturated carbocycles. The first kappa shape index (κ1) is 19.6. The number of hydrogen-bond acceptors (Lipinski definition) is 6. The number of rotatable bonds is 6. The van der Waals surface area contributed by atoms with E-state index in [1.165, 1.54) is 6.07 Å². The van der Waals surface area contributed by atoms with Gasteiger partial charge in [-0.25, -0.2) is 4.98 Å². The largest absolute Gasteiger partial charge is 0.495 e. The second-order valence-corrected chi connectivity index (χ2v) is 7.25. The molecule has 1 fully saturated rings. The van der Waals surface area contributed by atoms with E-state index in [1.807, 2.05) is 43.3 Å². The molecule has 154 valence electrons. The Hall–Kier alpha value is -3.68. The van der Waals surface area contributed by atoms with Crippen LogP contribution in [0.25, 0.3) is 0 Å². The Balaban J connectivity index is 1.56. The molecule has 1 aliphatic heterocycles. The summed E-state index contributed by atoms with van der Waals surface area (Å²) in [6.45, 7) is 2.40. The zero-order valence-electron chi connectivity index (χ0n) is 16.8. The monoisotopic (exact) mass is 405 g/mol. The highest BCUT2D eigenvalue weighted by molar-refractivity contribution is 5.97. The van der Waals surface area contributed by atoms with E-state index in [9.17, 15) is 9.59 Å². The fourth-order valence-corrected chi connectivity index (χ4v) is 3.67. The minimum atomic E-state index is -0.260. The van der Waals surface area contributed by atoms with Crippen LogP contribution in [0.5, 0.6) is 5.75 Å². The standard InChI is InChI=1S/C22H23N5O3/c1-14(15-6-5-9-23-12-15)24-22-25-17(11-20(28)26-22)16-10-21(29)27(13-16)18-7-3-4-8-19(18)30-2/h3-9,11-12,14,16H,10,13H2,1-2H3,(H2,24,25,26,28). The van der Waals surface area contributed by atoms with Crippen molar-refractivity contribution in [3.05, 3.63) is 76.5 Å². The molecule has 3 heterocycles. The van der Waals surface area contributed by atoms with Gasteiger partial charge in [-0.15, -0.1) is 0 Å². The van der Waals surface area contributed by atoms with Gasteiger partial charge >= 0.3 is 0 Å². The van der Waals surface area contributed by atoms with Crippen molar-refractivity contribution >= 4 is 17.5 Å². The second-order valence-electron chi connectivity index (χ2n) is 7.25. The molecule has 0 bridgehead atoms. The second kappa shape index (κ2) is 8.36. The van der Waals surface area contributed by atoms with Crippen LogP contribution in [0.4, 0.5) is 11.6 Å². The van der Waals surface area contributed by atoms with Crippen molar-refractivity contribution in [1.82, 2.24) is 15.0 Å². The van der Waals surface area contributed by atoms with Crippen LogP contribution in [0, 0.1) is 0 Å². The first-order valence-corrected chi connectivity index (χ1v) is 9.76.